The summed E-state index contributed by atoms with van der Waals surface area (Å²) in [6.07, 6.45) is 4.88. The summed E-state index contributed by atoms with van der Waals surface area (Å²) in [4.78, 5) is 46.4. The Balaban J connectivity index is 2.19. The molecule has 24 heavy (non-hydrogen) atoms. The summed E-state index contributed by atoms with van der Waals surface area (Å²) in [5, 5.41) is 7.12. The van der Waals surface area contributed by atoms with E-state index in [-0.39, 0.29) is 18.4 Å². The fraction of sp³-hybridized carbons (Fsp3) is 0.750. The Hall–Kier alpha value is -2.12. The molecule has 8 nitrogen and oxygen atoms in total. The average molecular weight is 341 g/mol. The molecular weight excluding hydrogens is 314 g/mol. The Bertz CT molecular complexity index is 479. The Kier molecular flexibility index (Phi) is 7.67. The third kappa shape index (κ3) is 8.50. The number of carbonyl (C=O) groups is 4. The molecule has 0 aliphatic heterocycles. The summed E-state index contributed by atoms with van der Waals surface area (Å²) < 4.78 is 4.73. The predicted octanol–water partition coefficient (Wildman–Crippen LogP) is 0.850. The van der Waals surface area contributed by atoms with Crippen LogP contribution in [-0.2, 0) is 19.1 Å². The maximum Gasteiger partial charge on any atom is 0.325 e. The normalized spacial score (nSPS) is 15.3. The van der Waals surface area contributed by atoms with E-state index < -0.39 is 30.1 Å². The highest BCUT2D eigenvalue weighted by atomic mass is 16.5. The SMILES string of the molecule is CC(C)(C)NC(=O)NC(=O)COC(=O)CNC(=O)C1CCCCC1. The molecule has 0 unspecified atom stereocenters. The van der Waals surface area contributed by atoms with Crippen LogP contribution in [0.15, 0.2) is 0 Å². The van der Waals surface area contributed by atoms with Gasteiger partial charge in [-0.15, -0.1) is 0 Å². The van der Waals surface area contributed by atoms with Crippen molar-refractivity contribution in [3.63, 3.8) is 0 Å². The van der Waals surface area contributed by atoms with E-state index in [1.807, 2.05) is 0 Å². The average Bonchev–Trinajstić information content (AvgIpc) is 2.49. The van der Waals surface area contributed by atoms with Crippen molar-refractivity contribution >= 4 is 23.8 Å². The summed E-state index contributed by atoms with van der Waals surface area (Å²) in [6, 6.07) is -0.658. The molecular formula is C16H27N3O5. The number of ether oxygens (including phenoxy) is 1. The topological polar surface area (TPSA) is 114 Å². The quantitative estimate of drug-likeness (QED) is 0.642. The molecule has 3 N–H and O–H groups in total. The molecule has 1 aliphatic rings. The molecule has 0 aromatic rings. The van der Waals surface area contributed by atoms with E-state index in [1.165, 1.54) is 0 Å². The van der Waals surface area contributed by atoms with Gasteiger partial charge in [-0.05, 0) is 33.6 Å². The van der Waals surface area contributed by atoms with Crippen LogP contribution in [0.25, 0.3) is 0 Å². The molecule has 0 aromatic heterocycles. The van der Waals surface area contributed by atoms with Gasteiger partial charge in [0.25, 0.3) is 5.91 Å². The number of hydrogen-bond donors (Lipinski definition) is 3. The molecule has 0 spiro atoms. The molecule has 0 aromatic carbocycles. The number of carbonyl (C=O) groups excluding carboxylic acids is 4. The molecule has 8 heteroatoms. The van der Waals surface area contributed by atoms with E-state index in [1.54, 1.807) is 20.8 Å². The zero-order valence-corrected chi connectivity index (χ0v) is 14.6. The second-order valence-corrected chi connectivity index (χ2v) is 6.97. The van der Waals surface area contributed by atoms with E-state index >= 15 is 0 Å². The highest BCUT2D eigenvalue weighted by Crippen LogP contribution is 2.23. The minimum Gasteiger partial charge on any atom is -0.454 e. The summed E-state index contributed by atoms with van der Waals surface area (Å²) in [5.74, 6) is -1.65. The number of amides is 4. The Morgan fingerprint density at radius 2 is 1.67 bits per heavy atom. The van der Waals surface area contributed by atoms with Crippen molar-refractivity contribution in [2.75, 3.05) is 13.2 Å². The van der Waals surface area contributed by atoms with Crippen LogP contribution in [-0.4, -0.2) is 42.5 Å². The fourth-order valence-corrected chi connectivity index (χ4v) is 2.40. The zero-order chi connectivity index (χ0) is 18.2. The van der Waals surface area contributed by atoms with Gasteiger partial charge in [0.15, 0.2) is 6.61 Å². The minimum atomic E-state index is -0.733. The summed E-state index contributed by atoms with van der Waals surface area (Å²) in [5.41, 5.74) is -0.482. The number of urea groups is 1. The lowest BCUT2D eigenvalue weighted by molar-refractivity contribution is -0.148. The molecule has 0 atom stereocenters. The lowest BCUT2D eigenvalue weighted by Gasteiger charge is -2.20. The largest absolute Gasteiger partial charge is 0.454 e. The maximum absolute atomic E-state index is 11.9. The molecule has 0 heterocycles. The number of esters is 1. The molecule has 1 rings (SSSR count). The van der Waals surface area contributed by atoms with Crippen LogP contribution < -0.4 is 16.0 Å². The first-order valence-electron chi connectivity index (χ1n) is 8.23. The van der Waals surface area contributed by atoms with Crippen molar-refractivity contribution in [1.29, 1.82) is 0 Å². The van der Waals surface area contributed by atoms with Gasteiger partial charge >= 0.3 is 12.0 Å². The molecule has 4 amide bonds. The van der Waals surface area contributed by atoms with Crippen LogP contribution in [0.3, 0.4) is 0 Å². The van der Waals surface area contributed by atoms with Crippen molar-refractivity contribution in [3.8, 4) is 0 Å². The van der Waals surface area contributed by atoms with Gasteiger partial charge in [-0.25, -0.2) is 4.79 Å². The summed E-state index contributed by atoms with van der Waals surface area (Å²) in [6.45, 7) is 4.46. The Morgan fingerprint density at radius 1 is 1.04 bits per heavy atom. The molecule has 1 fully saturated rings. The number of hydrogen-bond acceptors (Lipinski definition) is 5. The Labute approximate surface area is 142 Å². The van der Waals surface area contributed by atoms with E-state index in [9.17, 15) is 19.2 Å². The van der Waals surface area contributed by atoms with E-state index in [0.29, 0.717) is 0 Å². The molecule has 0 saturated heterocycles. The second kappa shape index (κ2) is 9.24. The number of nitrogens with one attached hydrogen (secondary N) is 3. The highest BCUT2D eigenvalue weighted by molar-refractivity contribution is 5.96. The summed E-state index contributed by atoms with van der Waals surface area (Å²) in [7, 11) is 0. The van der Waals surface area contributed by atoms with Crippen LogP contribution in [0.4, 0.5) is 4.79 Å². The van der Waals surface area contributed by atoms with E-state index in [2.05, 4.69) is 16.0 Å². The molecule has 136 valence electrons. The van der Waals surface area contributed by atoms with Crippen LogP contribution in [0.2, 0.25) is 0 Å². The third-order valence-electron chi connectivity index (χ3n) is 3.49. The number of rotatable bonds is 5. The van der Waals surface area contributed by atoms with Gasteiger partial charge in [-0.2, -0.15) is 0 Å². The van der Waals surface area contributed by atoms with Gasteiger partial charge < -0.3 is 15.4 Å². The number of imide groups is 1. The zero-order valence-electron chi connectivity index (χ0n) is 14.6. The van der Waals surface area contributed by atoms with Gasteiger partial charge in [0.05, 0.1) is 0 Å². The van der Waals surface area contributed by atoms with Crippen molar-refractivity contribution in [2.45, 2.75) is 58.4 Å². The van der Waals surface area contributed by atoms with Crippen molar-refractivity contribution in [1.82, 2.24) is 16.0 Å². The lowest BCUT2D eigenvalue weighted by Crippen LogP contribution is -2.49. The van der Waals surface area contributed by atoms with Gasteiger partial charge in [-0.1, -0.05) is 19.3 Å². The molecule has 0 bridgehead atoms. The third-order valence-corrected chi connectivity index (χ3v) is 3.49. The van der Waals surface area contributed by atoms with Gasteiger partial charge in [0, 0.05) is 11.5 Å². The molecule has 1 saturated carbocycles. The second-order valence-electron chi connectivity index (χ2n) is 6.97. The fourth-order valence-electron chi connectivity index (χ4n) is 2.40. The molecule has 0 radical (unpaired) electrons. The molecule has 1 aliphatic carbocycles. The first-order valence-corrected chi connectivity index (χ1v) is 8.23. The first-order chi connectivity index (χ1) is 11.2. The van der Waals surface area contributed by atoms with Crippen LogP contribution in [0, 0.1) is 5.92 Å². The van der Waals surface area contributed by atoms with Gasteiger partial charge in [0.1, 0.15) is 6.54 Å². The van der Waals surface area contributed by atoms with Crippen LogP contribution >= 0.6 is 0 Å². The van der Waals surface area contributed by atoms with Crippen molar-refractivity contribution < 1.29 is 23.9 Å². The van der Waals surface area contributed by atoms with Crippen molar-refractivity contribution in [3.05, 3.63) is 0 Å². The predicted molar refractivity (Wildman–Crippen MR) is 87.0 cm³/mol. The maximum atomic E-state index is 11.9. The lowest BCUT2D eigenvalue weighted by atomic mass is 9.89. The van der Waals surface area contributed by atoms with Gasteiger partial charge in [-0.3, -0.25) is 19.7 Å². The van der Waals surface area contributed by atoms with Crippen LogP contribution in [0.1, 0.15) is 52.9 Å². The summed E-state index contributed by atoms with van der Waals surface area (Å²) >= 11 is 0. The Morgan fingerprint density at radius 3 is 2.25 bits per heavy atom. The van der Waals surface area contributed by atoms with Crippen molar-refractivity contribution in [2.24, 2.45) is 5.92 Å². The monoisotopic (exact) mass is 341 g/mol. The van der Waals surface area contributed by atoms with Crippen LogP contribution in [0.5, 0.6) is 0 Å². The smallest absolute Gasteiger partial charge is 0.325 e. The minimum absolute atomic E-state index is 0.0454. The van der Waals surface area contributed by atoms with Gasteiger partial charge in [0.2, 0.25) is 5.91 Å². The first kappa shape index (κ1) is 19.9. The van der Waals surface area contributed by atoms with E-state index in [4.69, 9.17) is 4.74 Å². The van der Waals surface area contributed by atoms with E-state index in [0.717, 1.165) is 32.1 Å². The standard InChI is InChI=1S/C16H27N3O5/c1-16(2,3)19-15(23)18-12(20)10-24-13(21)9-17-14(22)11-7-5-4-6-8-11/h11H,4-10H2,1-3H3,(H,17,22)(H2,18,19,20,23). The highest BCUT2D eigenvalue weighted by Gasteiger charge is 2.22.